The first-order chi connectivity index (χ1) is 14.7. The van der Waals surface area contributed by atoms with E-state index in [9.17, 15) is 13.2 Å². The summed E-state index contributed by atoms with van der Waals surface area (Å²) in [4.78, 5) is 12.9. The quantitative estimate of drug-likeness (QED) is 0.497. The highest BCUT2D eigenvalue weighted by Crippen LogP contribution is 2.29. The van der Waals surface area contributed by atoms with E-state index in [0.29, 0.717) is 0 Å². The molecule has 0 aliphatic rings. The highest BCUT2D eigenvalue weighted by molar-refractivity contribution is 7.92. The van der Waals surface area contributed by atoms with E-state index in [4.69, 9.17) is 23.2 Å². The number of anilines is 1. The molecule has 0 aromatic heterocycles. The second kappa shape index (κ2) is 9.73. The number of sulfonamides is 1. The van der Waals surface area contributed by atoms with Gasteiger partial charge in [0.15, 0.2) is 0 Å². The van der Waals surface area contributed by atoms with Crippen LogP contribution < -0.4 is 9.62 Å². The lowest BCUT2D eigenvalue weighted by atomic mass is 10.1. The van der Waals surface area contributed by atoms with Gasteiger partial charge in [0.05, 0.1) is 16.6 Å². The zero-order valence-electron chi connectivity index (χ0n) is 17.0. The van der Waals surface area contributed by atoms with Gasteiger partial charge in [0.2, 0.25) is 5.91 Å². The molecule has 162 valence electrons. The largest absolute Gasteiger partial charge is 0.348 e. The van der Waals surface area contributed by atoms with Crippen LogP contribution in [0.2, 0.25) is 10.0 Å². The van der Waals surface area contributed by atoms with Crippen LogP contribution >= 0.6 is 23.2 Å². The van der Waals surface area contributed by atoms with E-state index in [1.54, 1.807) is 18.2 Å². The number of carbonyl (C=O) groups excluding carboxylic acids is 1. The number of amides is 1. The molecule has 5 nitrogen and oxygen atoms in total. The fourth-order valence-corrected chi connectivity index (χ4v) is 5.01. The summed E-state index contributed by atoms with van der Waals surface area (Å²) in [6.45, 7) is 3.40. The molecule has 0 aliphatic heterocycles. The van der Waals surface area contributed by atoms with Gasteiger partial charge in [-0.25, -0.2) is 8.42 Å². The third-order valence-corrected chi connectivity index (χ3v) is 6.93. The molecule has 8 heteroatoms. The topological polar surface area (TPSA) is 66.5 Å². The zero-order valence-corrected chi connectivity index (χ0v) is 19.4. The predicted octanol–water partition coefficient (Wildman–Crippen LogP) is 5.37. The van der Waals surface area contributed by atoms with Gasteiger partial charge in [0.25, 0.3) is 10.0 Å². The van der Waals surface area contributed by atoms with Crippen LogP contribution in [0.1, 0.15) is 24.1 Å². The summed E-state index contributed by atoms with van der Waals surface area (Å²) in [5.74, 6) is -0.455. The molecule has 0 saturated heterocycles. The Balaban J connectivity index is 1.91. The van der Waals surface area contributed by atoms with Crippen LogP contribution in [0, 0.1) is 6.92 Å². The van der Waals surface area contributed by atoms with Crippen molar-refractivity contribution >= 4 is 44.8 Å². The zero-order chi connectivity index (χ0) is 22.6. The van der Waals surface area contributed by atoms with Crippen LogP contribution in [0.15, 0.2) is 77.7 Å². The molecular weight excluding hydrogens is 455 g/mol. The van der Waals surface area contributed by atoms with Gasteiger partial charge in [0.1, 0.15) is 6.54 Å². The van der Waals surface area contributed by atoms with Crippen LogP contribution in [0.5, 0.6) is 0 Å². The number of nitrogens with zero attached hydrogens (tertiary/aromatic N) is 1. The second-order valence-corrected chi connectivity index (χ2v) is 9.89. The molecule has 0 radical (unpaired) electrons. The molecule has 3 aromatic rings. The van der Waals surface area contributed by atoms with Gasteiger partial charge >= 0.3 is 0 Å². The number of nitrogens with one attached hydrogen (secondary N) is 1. The van der Waals surface area contributed by atoms with Gasteiger partial charge in [-0.15, -0.1) is 0 Å². The van der Waals surface area contributed by atoms with Crippen molar-refractivity contribution in [3.63, 3.8) is 0 Å². The molecule has 0 heterocycles. The fourth-order valence-electron chi connectivity index (χ4n) is 3.07. The third-order valence-electron chi connectivity index (χ3n) is 4.71. The van der Waals surface area contributed by atoms with Crippen molar-refractivity contribution in [2.75, 3.05) is 10.8 Å². The van der Waals surface area contributed by atoms with Gasteiger partial charge < -0.3 is 5.32 Å². The summed E-state index contributed by atoms with van der Waals surface area (Å²) in [6, 6.07) is 19.8. The molecule has 1 amide bonds. The Bertz CT molecular complexity index is 1150. The van der Waals surface area contributed by atoms with Gasteiger partial charge in [-0.05, 0) is 49.7 Å². The van der Waals surface area contributed by atoms with Crippen LogP contribution in [0.3, 0.4) is 0 Å². The number of rotatable bonds is 7. The average molecular weight is 477 g/mol. The Kier molecular flexibility index (Phi) is 7.26. The van der Waals surface area contributed by atoms with E-state index in [1.165, 1.54) is 30.3 Å². The molecule has 0 bridgehead atoms. The van der Waals surface area contributed by atoms with E-state index in [2.05, 4.69) is 5.32 Å². The van der Waals surface area contributed by atoms with Crippen molar-refractivity contribution in [3.8, 4) is 0 Å². The lowest BCUT2D eigenvalue weighted by Crippen LogP contribution is -2.41. The summed E-state index contributed by atoms with van der Waals surface area (Å²) >= 11 is 12.2. The van der Waals surface area contributed by atoms with E-state index < -0.39 is 22.5 Å². The molecule has 31 heavy (non-hydrogen) atoms. The van der Waals surface area contributed by atoms with Gasteiger partial charge in [0, 0.05) is 10.0 Å². The minimum atomic E-state index is -4.03. The Hall–Kier alpha value is -2.54. The summed E-state index contributed by atoms with van der Waals surface area (Å²) < 4.78 is 27.7. The van der Waals surface area contributed by atoms with Crippen molar-refractivity contribution < 1.29 is 13.2 Å². The van der Waals surface area contributed by atoms with Gasteiger partial charge in [-0.1, -0.05) is 71.2 Å². The standard InChI is InChI=1S/C23H22Cl2N2O3S/c1-16-8-10-18(11-9-16)17(2)26-23(28)15-27(21-13-19(24)12-20(25)14-21)31(29,30)22-6-4-3-5-7-22/h3-14,17H,15H2,1-2H3,(H,26,28)/t17-/m0/s1. The third kappa shape index (κ3) is 5.79. The van der Waals surface area contributed by atoms with E-state index in [-0.39, 0.29) is 26.7 Å². The number of benzene rings is 3. The molecule has 0 spiro atoms. The van der Waals surface area contributed by atoms with Crippen molar-refractivity contribution in [2.24, 2.45) is 0 Å². The Morgan fingerprint density at radius 3 is 2.13 bits per heavy atom. The maximum atomic E-state index is 13.3. The lowest BCUT2D eigenvalue weighted by molar-refractivity contribution is -0.120. The van der Waals surface area contributed by atoms with Crippen molar-refractivity contribution in [3.05, 3.63) is 94.0 Å². The Morgan fingerprint density at radius 1 is 0.968 bits per heavy atom. The number of carbonyl (C=O) groups is 1. The Morgan fingerprint density at radius 2 is 1.55 bits per heavy atom. The van der Waals surface area contributed by atoms with Gasteiger partial charge in [-0.2, -0.15) is 0 Å². The molecule has 0 fully saturated rings. The van der Waals surface area contributed by atoms with Crippen LogP contribution in [-0.2, 0) is 14.8 Å². The minimum Gasteiger partial charge on any atom is -0.348 e. The molecule has 1 N–H and O–H groups in total. The van der Waals surface area contributed by atoms with Crippen molar-refractivity contribution in [1.29, 1.82) is 0 Å². The first-order valence-corrected chi connectivity index (χ1v) is 11.8. The van der Waals surface area contributed by atoms with Crippen LogP contribution in [0.4, 0.5) is 5.69 Å². The second-order valence-electron chi connectivity index (χ2n) is 7.15. The monoisotopic (exact) mass is 476 g/mol. The minimum absolute atomic E-state index is 0.0606. The molecule has 3 aromatic carbocycles. The summed E-state index contributed by atoms with van der Waals surface area (Å²) in [6.07, 6.45) is 0. The van der Waals surface area contributed by atoms with Crippen LogP contribution in [-0.4, -0.2) is 20.9 Å². The SMILES string of the molecule is Cc1ccc([C@H](C)NC(=O)CN(c2cc(Cl)cc(Cl)c2)S(=O)(=O)c2ccccc2)cc1. The van der Waals surface area contributed by atoms with E-state index >= 15 is 0 Å². The number of hydrogen-bond acceptors (Lipinski definition) is 3. The number of halogens is 2. The van der Waals surface area contributed by atoms with Crippen LogP contribution in [0.25, 0.3) is 0 Å². The fraction of sp³-hybridized carbons (Fsp3) is 0.174. The van der Waals surface area contributed by atoms with Crippen molar-refractivity contribution in [1.82, 2.24) is 5.32 Å². The normalized spacial score (nSPS) is 12.3. The summed E-state index contributed by atoms with van der Waals surface area (Å²) in [5.41, 5.74) is 2.24. The van der Waals surface area contributed by atoms with Crippen molar-refractivity contribution in [2.45, 2.75) is 24.8 Å². The summed E-state index contributed by atoms with van der Waals surface area (Å²) in [7, 11) is -4.03. The Labute approximate surface area is 192 Å². The van der Waals surface area contributed by atoms with E-state index in [0.717, 1.165) is 15.4 Å². The lowest BCUT2D eigenvalue weighted by Gasteiger charge is -2.25. The maximum absolute atomic E-state index is 13.3. The average Bonchev–Trinajstić information content (AvgIpc) is 2.72. The number of aryl methyl sites for hydroxylation is 1. The first-order valence-electron chi connectivity index (χ1n) is 9.56. The molecule has 0 saturated carbocycles. The first kappa shape index (κ1) is 23.1. The molecular formula is C23H22Cl2N2O3S. The predicted molar refractivity (Wildman–Crippen MR) is 125 cm³/mol. The van der Waals surface area contributed by atoms with Gasteiger partial charge in [-0.3, -0.25) is 9.10 Å². The smallest absolute Gasteiger partial charge is 0.264 e. The molecule has 0 aliphatic carbocycles. The highest BCUT2D eigenvalue weighted by Gasteiger charge is 2.28. The van der Waals surface area contributed by atoms with E-state index in [1.807, 2.05) is 38.1 Å². The number of hydrogen-bond donors (Lipinski definition) is 1. The molecule has 3 rings (SSSR count). The highest BCUT2D eigenvalue weighted by atomic mass is 35.5. The molecule has 0 unspecified atom stereocenters. The summed E-state index contributed by atoms with van der Waals surface area (Å²) in [5, 5.41) is 3.39. The maximum Gasteiger partial charge on any atom is 0.264 e. The molecule has 1 atom stereocenters.